The molecule has 1 N–H and O–H groups in total. The molecule has 0 fully saturated rings. The number of nitrogens with one attached hydrogen (secondary N) is 1. The van der Waals surface area contributed by atoms with E-state index in [4.69, 9.17) is 4.74 Å². The molecule has 0 saturated carbocycles. The van der Waals surface area contributed by atoms with Crippen LogP contribution in [-0.2, 0) is 0 Å². The first-order valence-corrected chi connectivity index (χ1v) is 5.69. The number of hydrogen-bond donors (Lipinski definition) is 1. The van der Waals surface area contributed by atoms with E-state index in [0.717, 1.165) is 0 Å². The Balaban J connectivity index is 2.28. The Hall–Kier alpha value is -2.43. The monoisotopic (exact) mass is 260 g/mol. The molecule has 0 saturated heterocycles. The average molecular weight is 260 g/mol. The molecule has 2 rings (SSSR count). The smallest absolute Gasteiger partial charge is 0.258 e. The van der Waals surface area contributed by atoms with Crippen LogP contribution in [-0.4, -0.2) is 18.0 Å². The fourth-order valence-electron chi connectivity index (χ4n) is 1.66. The zero-order valence-electron chi connectivity index (χ0n) is 10.6. The number of carbonyl (C=O) groups excluding carboxylic acids is 1. The number of rotatable bonds is 3. The van der Waals surface area contributed by atoms with Crippen LogP contribution in [0.2, 0.25) is 0 Å². The summed E-state index contributed by atoms with van der Waals surface area (Å²) in [5, 5.41) is 2.58. The molecule has 2 aromatic rings. The maximum Gasteiger partial charge on any atom is 0.258 e. The molecular weight excluding hydrogens is 247 g/mol. The number of anilines is 1. The van der Waals surface area contributed by atoms with Crippen LogP contribution in [0.4, 0.5) is 10.1 Å². The number of methoxy groups -OCH3 is 1. The van der Waals surface area contributed by atoms with Crippen molar-refractivity contribution in [2.24, 2.45) is 0 Å². The Labute approximate surface area is 110 Å². The molecule has 1 amide bonds. The summed E-state index contributed by atoms with van der Waals surface area (Å²) in [6.07, 6.45) is 1.54. The molecule has 0 atom stereocenters. The lowest BCUT2D eigenvalue weighted by Crippen LogP contribution is -2.15. The fraction of sp³-hybridized carbons (Fsp3) is 0.143. The van der Waals surface area contributed by atoms with Crippen molar-refractivity contribution in [2.75, 3.05) is 12.4 Å². The number of amides is 1. The molecule has 1 aromatic carbocycles. The summed E-state index contributed by atoms with van der Waals surface area (Å²) in [4.78, 5) is 16.0. The van der Waals surface area contributed by atoms with Gasteiger partial charge in [-0.2, -0.15) is 0 Å². The molecule has 0 aliphatic carbocycles. The van der Waals surface area contributed by atoms with E-state index in [2.05, 4.69) is 10.3 Å². The van der Waals surface area contributed by atoms with Crippen molar-refractivity contribution < 1.29 is 13.9 Å². The lowest BCUT2D eigenvalue weighted by Gasteiger charge is -2.09. The molecule has 1 heterocycles. The molecule has 0 unspecified atom stereocenters. The Bertz CT molecular complexity index is 614. The first-order chi connectivity index (χ1) is 9.13. The van der Waals surface area contributed by atoms with E-state index in [0.29, 0.717) is 11.3 Å². The van der Waals surface area contributed by atoms with E-state index in [9.17, 15) is 9.18 Å². The minimum Gasteiger partial charge on any atom is -0.480 e. The average Bonchev–Trinajstić information content (AvgIpc) is 2.42. The highest BCUT2D eigenvalue weighted by atomic mass is 19.1. The molecule has 1 aromatic heterocycles. The molecule has 0 bridgehead atoms. The first kappa shape index (κ1) is 13.0. The molecule has 98 valence electrons. The Morgan fingerprint density at radius 2 is 2.11 bits per heavy atom. The number of hydrogen-bond acceptors (Lipinski definition) is 3. The van der Waals surface area contributed by atoms with Crippen LogP contribution in [0.5, 0.6) is 5.88 Å². The third-order valence-corrected chi connectivity index (χ3v) is 2.65. The second-order valence-corrected chi connectivity index (χ2v) is 3.95. The summed E-state index contributed by atoms with van der Waals surface area (Å²) in [6, 6.07) is 7.97. The largest absolute Gasteiger partial charge is 0.480 e. The van der Waals surface area contributed by atoms with Gasteiger partial charge < -0.3 is 10.1 Å². The summed E-state index contributed by atoms with van der Waals surface area (Å²) in [5.41, 5.74) is 0.813. The van der Waals surface area contributed by atoms with Crippen molar-refractivity contribution in [1.82, 2.24) is 4.98 Å². The minimum absolute atomic E-state index is 0.00842. The van der Waals surface area contributed by atoms with Gasteiger partial charge in [-0.15, -0.1) is 0 Å². The van der Waals surface area contributed by atoms with Gasteiger partial charge in [-0.25, -0.2) is 9.37 Å². The number of halogens is 1. The summed E-state index contributed by atoms with van der Waals surface area (Å²) < 4.78 is 18.8. The third-order valence-electron chi connectivity index (χ3n) is 2.65. The number of benzene rings is 1. The molecule has 4 nitrogen and oxygen atoms in total. The van der Waals surface area contributed by atoms with Crippen molar-refractivity contribution in [2.45, 2.75) is 6.92 Å². The molecule has 0 aliphatic heterocycles. The Morgan fingerprint density at radius 3 is 2.84 bits per heavy atom. The van der Waals surface area contributed by atoms with E-state index < -0.39 is 11.7 Å². The number of aryl methyl sites for hydroxylation is 1. The molecule has 19 heavy (non-hydrogen) atoms. The predicted molar refractivity (Wildman–Crippen MR) is 69.9 cm³/mol. The standard InChI is InChI=1S/C14H13FN2O2/c1-9-5-3-6-10(12(9)15)13(18)17-11-7-4-8-16-14(11)19-2/h3-8H,1-2H3,(H,17,18). The number of ether oxygens (including phenoxy) is 1. The second kappa shape index (κ2) is 5.48. The van der Waals surface area contributed by atoms with E-state index in [-0.39, 0.29) is 11.4 Å². The summed E-state index contributed by atoms with van der Waals surface area (Å²) in [5.74, 6) is -0.778. The number of pyridine rings is 1. The topological polar surface area (TPSA) is 51.2 Å². The second-order valence-electron chi connectivity index (χ2n) is 3.95. The minimum atomic E-state index is -0.535. The zero-order chi connectivity index (χ0) is 13.8. The fourth-order valence-corrected chi connectivity index (χ4v) is 1.66. The Morgan fingerprint density at radius 1 is 1.32 bits per heavy atom. The molecule has 0 radical (unpaired) electrons. The molecule has 0 aliphatic rings. The van der Waals surface area contributed by atoms with Gasteiger partial charge in [0.05, 0.1) is 12.7 Å². The van der Waals surface area contributed by atoms with Gasteiger partial charge >= 0.3 is 0 Å². The quantitative estimate of drug-likeness (QED) is 0.923. The third kappa shape index (κ3) is 2.70. The van der Waals surface area contributed by atoms with Crippen LogP contribution in [0.1, 0.15) is 15.9 Å². The number of aromatic nitrogens is 1. The van der Waals surface area contributed by atoms with Crippen LogP contribution < -0.4 is 10.1 Å². The van der Waals surface area contributed by atoms with E-state index >= 15 is 0 Å². The highest BCUT2D eigenvalue weighted by Gasteiger charge is 2.15. The summed E-state index contributed by atoms with van der Waals surface area (Å²) >= 11 is 0. The summed E-state index contributed by atoms with van der Waals surface area (Å²) in [6.45, 7) is 1.61. The van der Waals surface area contributed by atoms with Crippen molar-refractivity contribution in [3.63, 3.8) is 0 Å². The van der Waals surface area contributed by atoms with Gasteiger partial charge in [-0.3, -0.25) is 4.79 Å². The van der Waals surface area contributed by atoms with Gasteiger partial charge in [-0.1, -0.05) is 12.1 Å². The van der Waals surface area contributed by atoms with Crippen LogP contribution >= 0.6 is 0 Å². The van der Waals surface area contributed by atoms with Crippen LogP contribution in [0, 0.1) is 12.7 Å². The summed E-state index contributed by atoms with van der Waals surface area (Å²) in [7, 11) is 1.45. The van der Waals surface area contributed by atoms with Gasteiger partial charge in [0, 0.05) is 6.20 Å². The highest BCUT2D eigenvalue weighted by molar-refractivity contribution is 6.05. The molecule has 5 heteroatoms. The lowest BCUT2D eigenvalue weighted by atomic mass is 10.1. The molecular formula is C14H13FN2O2. The van der Waals surface area contributed by atoms with Crippen molar-refractivity contribution >= 4 is 11.6 Å². The normalized spacial score (nSPS) is 10.1. The van der Waals surface area contributed by atoms with E-state index in [1.54, 1.807) is 37.4 Å². The van der Waals surface area contributed by atoms with E-state index in [1.807, 2.05) is 0 Å². The van der Waals surface area contributed by atoms with Gasteiger partial charge in [0.15, 0.2) is 0 Å². The van der Waals surface area contributed by atoms with Gasteiger partial charge in [-0.05, 0) is 30.7 Å². The van der Waals surface area contributed by atoms with Crippen molar-refractivity contribution in [3.8, 4) is 5.88 Å². The Kier molecular flexibility index (Phi) is 3.75. The van der Waals surface area contributed by atoms with Crippen molar-refractivity contribution in [1.29, 1.82) is 0 Å². The van der Waals surface area contributed by atoms with E-state index in [1.165, 1.54) is 13.2 Å². The maximum atomic E-state index is 13.8. The first-order valence-electron chi connectivity index (χ1n) is 5.69. The van der Waals surface area contributed by atoms with Crippen LogP contribution in [0.3, 0.4) is 0 Å². The SMILES string of the molecule is COc1ncccc1NC(=O)c1cccc(C)c1F. The number of nitrogens with zero attached hydrogens (tertiary/aromatic N) is 1. The lowest BCUT2D eigenvalue weighted by molar-refractivity contribution is 0.102. The van der Waals surface area contributed by atoms with Gasteiger partial charge in [0.25, 0.3) is 5.91 Å². The zero-order valence-corrected chi connectivity index (χ0v) is 10.6. The number of carbonyl (C=O) groups is 1. The van der Waals surface area contributed by atoms with Gasteiger partial charge in [0.1, 0.15) is 11.5 Å². The van der Waals surface area contributed by atoms with Gasteiger partial charge in [0.2, 0.25) is 5.88 Å². The predicted octanol–water partition coefficient (Wildman–Crippen LogP) is 2.79. The van der Waals surface area contributed by atoms with Crippen molar-refractivity contribution in [3.05, 3.63) is 53.5 Å². The van der Waals surface area contributed by atoms with Crippen LogP contribution in [0.15, 0.2) is 36.5 Å². The highest BCUT2D eigenvalue weighted by Crippen LogP contribution is 2.21. The maximum absolute atomic E-state index is 13.8. The molecule has 0 spiro atoms. The van der Waals surface area contributed by atoms with Crippen LogP contribution in [0.25, 0.3) is 0 Å².